The molecule has 1 amide bonds. The van der Waals surface area contributed by atoms with Crippen LogP contribution in [0.1, 0.15) is 11.1 Å². The molecule has 4 nitrogen and oxygen atoms in total. The second kappa shape index (κ2) is 10.8. The van der Waals surface area contributed by atoms with Crippen LogP contribution < -0.4 is 14.4 Å². The number of carbonyl (C=O) groups is 1. The molecular formula is C28H18BrClFNO3S2. The highest BCUT2D eigenvalue weighted by Gasteiger charge is 2.33. The van der Waals surface area contributed by atoms with Gasteiger partial charge in [-0.2, -0.15) is 0 Å². The molecule has 1 aliphatic heterocycles. The van der Waals surface area contributed by atoms with Gasteiger partial charge in [0.1, 0.15) is 12.4 Å². The van der Waals surface area contributed by atoms with Gasteiger partial charge in [0.05, 0.1) is 27.2 Å². The number of ether oxygens (including phenoxy) is 2. The standard InChI is InChI=1S/C28H18BrClFNO3S2/c1-34-24-12-16(13-25-27(33)32(28(36)37-25)19-9-10-23(31)22(30)14-19)11-21(29)26(24)35-15-18-7-4-6-17-5-2-3-8-20(17)18/h2-14H,15H2,1H3. The number of nitrogens with zero attached hydrogens (tertiary/aromatic N) is 1. The van der Waals surface area contributed by atoms with Crippen molar-refractivity contribution >= 4 is 84.3 Å². The Morgan fingerprint density at radius 3 is 2.68 bits per heavy atom. The Morgan fingerprint density at radius 1 is 1.11 bits per heavy atom. The third kappa shape index (κ3) is 5.25. The molecule has 0 aliphatic carbocycles. The summed E-state index contributed by atoms with van der Waals surface area (Å²) in [6, 6.07) is 22.0. The van der Waals surface area contributed by atoms with Crippen LogP contribution in [0.5, 0.6) is 11.5 Å². The second-order valence-electron chi connectivity index (χ2n) is 8.08. The maximum Gasteiger partial charge on any atom is 0.270 e. The van der Waals surface area contributed by atoms with Crippen LogP contribution in [-0.2, 0) is 11.4 Å². The minimum absolute atomic E-state index is 0.0803. The van der Waals surface area contributed by atoms with Crippen LogP contribution in [0.15, 0.2) is 82.2 Å². The lowest BCUT2D eigenvalue weighted by Crippen LogP contribution is -2.27. The first-order valence-electron chi connectivity index (χ1n) is 11.1. The van der Waals surface area contributed by atoms with E-state index in [0.29, 0.717) is 37.5 Å². The van der Waals surface area contributed by atoms with Crippen molar-refractivity contribution in [1.82, 2.24) is 0 Å². The van der Waals surface area contributed by atoms with Gasteiger partial charge in [-0.05, 0) is 74.2 Å². The molecule has 0 spiro atoms. The van der Waals surface area contributed by atoms with Gasteiger partial charge >= 0.3 is 0 Å². The quantitative estimate of drug-likeness (QED) is 0.161. The number of methoxy groups -OCH3 is 1. The SMILES string of the molecule is COc1cc(C=C2SC(=S)N(c3ccc(F)c(Cl)c3)C2=O)cc(Br)c1OCc1cccc2ccccc12. The van der Waals surface area contributed by atoms with E-state index < -0.39 is 5.82 Å². The molecule has 9 heteroatoms. The van der Waals surface area contributed by atoms with E-state index in [2.05, 4.69) is 34.1 Å². The van der Waals surface area contributed by atoms with E-state index >= 15 is 0 Å². The number of thiocarbonyl (C=S) groups is 1. The van der Waals surface area contributed by atoms with E-state index in [-0.39, 0.29) is 10.9 Å². The first kappa shape index (κ1) is 25.7. The summed E-state index contributed by atoms with van der Waals surface area (Å²) in [6.07, 6.45) is 1.73. The molecule has 0 unspecified atom stereocenters. The lowest BCUT2D eigenvalue weighted by molar-refractivity contribution is -0.113. The minimum Gasteiger partial charge on any atom is -0.493 e. The average Bonchev–Trinajstić information content (AvgIpc) is 3.17. The number of amides is 1. The number of halogens is 3. The van der Waals surface area contributed by atoms with E-state index in [9.17, 15) is 9.18 Å². The van der Waals surface area contributed by atoms with Crippen molar-refractivity contribution < 1.29 is 18.7 Å². The highest BCUT2D eigenvalue weighted by Crippen LogP contribution is 2.41. The van der Waals surface area contributed by atoms with Crippen molar-refractivity contribution in [2.24, 2.45) is 0 Å². The molecule has 1 heterocycles. The summed E-state index contributed by atoms with van der Waals surface area (Å²) in [4.78, 5) is 14.9. The third-order valence-corrected chi connectivity index (χ3v) is 7.94. The van der Waals surface area contributed by atoms with Gasteiger partial charge in [-0.1, -0.05) is 78.0 Å². The molecule has 1 saturated heterocycles. The molecule has 0 bridgehead atoms. The van der Waals surface area contributed by atoms with Gasteiger partial charge < -0.3 is 9.47 Å². The maximum absolute atomic E-state index is 13.6. The average molecular weight is 615 g/mol. The molecule has 186 valence electrons. The number of hydrogen-bond acceptors (Lipinski definition) is 5. The Labute approximate surface area is 236 Å². The van der Waals surface area contributed by atoms with Crippen LogP contribution >= 0.6 is 51.5 Å². The fourth-order valence-electron chi connectivity index (χ4n) is 4.00. The van der Waals surface area contributed by atoms with Crippen LogP contribution in [0.25, 0.3) is 16.8 Å². The van der Waals surface area contributed by atoms with Gasteiger partial charge in [-0.3, -0.25) is 9.69 Å². The number of fused-ring (bicyclic) bond motifs is 1. The van der Waals surface area contributed by atoms with Gasteiger partial charge in [0.2, 0.25) is 0 Å². The van der Waals surface area contributed by atoms with Crippen LogP contribution in [0, 0.1) is 5.82 Å². The van der Waals surface area contributed by atoms with E-state index in [1.165, 1.54) is 23.1 Å². The predicted molar refractivity (Wildman–Crippen MR) is 156 cm³/mol. The molecule has 4 aromatic rings. The summed E-state index contributed by atoms with van der Waals surface area (Å²) in [5, 5.41) is 2.19. The molecule has 5 rings (SSSR count). The predicted octanol–water partition coefficient (Wildman–Crippen LogP) is 8.39. The monoisotopic (exact) mass is 613 g/mol. The number of anilines is 1. The van der Waals surface area contributed by atoms with Crippen molar-refractivity contribution in [2.75, 3.05) is 12.0 Å². The fraction of sp³-hybridized carbons (Fsp3) is 0.0714. The van der Waals surface area contributed by atoms with Crippen molar-refractivity contribution in [3.63, 3.8) is 0 Å². The summed E-state index contributed by atoms with van der Waals surface area (Å²) in [5.41, 5.74) is 2.19. The van der Waals surface area contributed by atoms with Gasteiger partial charge in [0.15, 0.2) is 15.8 Å². The van der Waals surface area contributed by atoms with E-state index in [1.54, 1.807) is 19.3 Å². The summed E-state index contributed by atoms with van der Waals surface area (Å²) in [7, 11) is 1.56. The zero-order valence-corrected chi connectivity index (χ0v) is 23.3. The Bertz CT molecular complexity index is 1590. The Morgan fingerprint density at radius 2 is 1.89 bits per heavy atom. The minimum atomic E-state index is -0.564. The zero-order valence-electron chi connectivity index (χ0n) is 19.3. The van der Waals surface area contributed by atoms with Crippen molar-refractivity contribution in [2.45, 2.75) is 6.61 Å². The van der Waals surface area contributed by atoms with E-state index in [4.69, 9.17) is 33.3 Å². The van der Waals surface area contributed by atoms with Gasteiger partial charge in [-0.15, -0.1) is 0 Å². The summed E-state index contributed by atoms with van der Waals surface area (Å²) in [5.74, 6) is 0.192. The molecule has 0 aromatic heterocycles. The summed E-state index contributed by atoms with van der Waals surface area (Å²) >= 11 is 16.1. The van der Waals surface area contributed by atoms with Crippen LogP contribution in [-0.4, -0.2) is 17.3 Å². The number of rotatable bonds is 6. The largest absolute Gasteiger partial charge is 0.493 e. The van der Waals surface area contributed by atoms with E-state index in [0.717, 1.165) is 33.7 Å². The van der Waals surface area contributed by atoms with Gasteiger partial charge in [0.25, 0.3) is 5.91 Å². The summed E-state index contributed by atoms with van der Waals surface area (Å²) < 4.78 is 26.4. The molecule has 1 aliphatic rings. The van der Waals surface area contributed by atoms with Crippen molar-refractivity contribution in [3.8, 4) is 11.5 Å². The third-order valence-electron chi connectivity index (χ3n) is 5.76. The second-order valence-corrected chi connectivity index (χ2v) is 11.0. The molecule has 4 aromatic carbocycles. The van der Waals surface area contributed by atoms with Crippen molar-refractivity contribution in [3.05, 3.63) is 104 Å². The molecule has 0 N–H and O–H groups in total. The number of hydrogen-bond donors (Lipinski definition) is 0. The van der Waals surface area contributed by atoms with E-state index in [1.807, 2.05) is 30.3 Å². The van der Waals surface area contributed by atoms with Crippen LogP contribution in [0.4, 0.5) is 10.1 Å². The molecule has 1 fully saturated rings. The normalized spacial score (nSPS) is 14.6. The molecular weight excluding hydrogens is 597 g/mol. The maximum atomic E-state index is 13.6. The molecule has 37 heavy (non-hydrogen) atoms. The number of thioether (sulfide) groups is 1. The van der Waals surface area contributed by atoms with Crippen LogP contribution in [0.2, 0.25) is 5.02 Å². The number of carbonyl (C=O) groups excluding carboxylic acids is 1. The Kier molecular flexibility index (Phi) is 7.53. The molecule has 0 atom stereocenters. The lowest BCUT2D eigenvalue weighted by Gasteiger charge is -2.15. The Balaban J connectivity index is 1.40. The van der Waals surface area contributed by atoms with Gasteiger partial charge in [0, 0.05) is 0 Å². The topological polar surface area (TPSA) is 38.8 Å². The van der Waals surface area contributed by atoms with Gasteiger partial charge in [-0.25, -0.2) is 4.39 Å². The Hall–Kier alpha value is -2.91. The molecule has 0 radical (unpaired) electrons. The smallest absolute Gasteiger partial charge is 0.270 e. The lowest BCUT2D eigenvalue weighted by atomic mass is 10.1. The first-order valence-corrected chi connectivity index (χ1v) is 13.5. The van der Waals surface area contributed by atoms with Crippen molar-refractivity contribution in [1.29, 1.82) is 0 Å². The molecule has 0 saturated carbocycles. The van der Waals surface area contributed by atoms with Crippen LogP contribution in [0.3, 0.4) is 0 Å². The number of benzene rings is 4. The zero-order chi connectivity index (χ0) is 26.1. The fourth-order valence-corrected chi connectivity index (χ4v) is 6.05. The highest BCUT2D eigenvalue weighted by atomic mass is 79.9. The summed E-state index contributed by atoms with van der Waals surface area (Å²) in [6.45, 7) is 0.356. The highest BCUT2D eigenvalue weighted by molar-refractivity contribution is 9.10. The first-order chi connectivity index (χ1) is 17.9.